The summed E-state index contributed by atoms with van der Waals surface area (Å²) < 4.78 is 95.1. The third-order valence-electron chi connectivity index (χ3n) is 9.74. The van der Waals surface area contributed by atoms with Crippen LogP contribution in [0.25, 0.3) is 0 Å². The Morgan fingerprint density at radius 2 is 1.62 bits per heavy atom. The molecule has 1 aliphatic heterocycles. The average molecular weight is 822 g/mol. The molecule has 1 aliphatic rings. The number of nitrogens with zero attached hydrogens (tertiary/aromatic N) is 3. The normalized spacial score (nSPS) is 17.8. The number of hydrogen-bond donors (Lipinski definition) is 2. The van der Waals surface area contributed by atoms with Crippen LogP contribution in [0.5, 0.6) is 0 Å². The molecule has 1 saturated heterocycles. The Labute approximate surface area is 325 Å². The summed E-state index contributed by atoms with van der Waals surface area (Å²) >= 11 is 0.910. The van der Waals surface area contributed by atoms with Gasteiger partial charge in [-0.15, -0.1) is 11.3 Å². The van der Waals surface area contributed by atoms with E-state index in [2.05, 4.69) is 10.3 Å². The molecule has 312 valence electrons. The first-order valence-electron chi connectivity index (χ1n) is 18.0. The van der Waals surface area contributed by atoms with Crippen LogP contribution in [0.2, 0.25) is 0 Å². The molecule has 6 atom stereocenters. The van der Waals surface area contributed by atoms with Gasteiger partial charge < -0.3 is 25.0 Å². The largest absolute Gasteiger partial charge is 0.469 e. The van der Waals surface area contributed by atoms with Crippen LogP contribution < -0.4 is 10.6 Å². The van der Waals surface area contributed by atoms with E-state index in [9.17, 15) is 50.3 Å². The zero-order valence-corrected chi connectivity index (χ0v) is 33.0. The van der Waals surface area contributed by atoms with Gasteiger partial charge in [0.15, 0.2) is 12.0 Å². The first-order chi connectivity index (χ1) is 26.0. The maximum Gasteiger partial charge on any atom is 0.403 e. The van der Waals surface area contributed by atoms with Crippen molar-refractivity contribution >= 4 is 41.0 Å². The summed E-state index contributed by atoms with van der Waals surface area (Å²) in [5, 5.41) is 6.11. The molecule has 3 rings (SSSR count). The molecule has 0 saturated carbocycles. The van der Waals surface area contributed by atoms with E-state index < -0.39 is 90.0 Å². The molecule has 19 heteroatoms. The molecular weight excluding hydrogens is 772 g/mol. The van der Waals surface area contributed by atoms with Crippen LogP contribution >= 0.6 is 11.3 Å². The summed E-state index contributed by atoms with van der Waals surface area (Å²) in [4.78, 5) is 71.4. The summed E-state index contributed by atoms with van der Waals surface area (Å²) in [6.07, 6.45) is -12.3. The number of carbonyl (C=O) groups is 5. The Bertz CT molecular complexity index is 1640. The Morgan fingerprint density at radius 3 is 2.14 bits per heavy atom. The van der Waals surface area contributed by atoms with Crippen molar-refractivity contribution in [3.05, 3.63) is 52.0 Å². The Hall–Kier alpha value is -4.26. The fraction of sp³-hybridized carbons (Fsp3) is 0.622. The summed E-state index contributed by atoms with van der Waals surface area (Å²) in [6.45, 7) is 6.24. The lowest BCUT2D eigenvalue weighted by atomic mass is 9.92. The van der Waals surface area contributed by atoms with Gasteiger partial charge in [0, 0.05) is 37.9 Å². The minimum atomic E-state index is -5.96. The number of alkyl halides is 6. The van der Waals surface area contributed by atoms with Crippen molar-refractivity contribution in [3.63, 3.8) is 0 Å². The molecule has 0 aliphatic carbocycles. The average Bonchev–Trinajstić information content (AvgIpc) is 3.77. The number of hydrogen-bond acceptors (Lipinski definition) is 10. The summed E-state index contributed by atoms with van der Waals surface area (Å²) in [7, 11) is 3.77. The number of nitrogens with one attached hydrogen (secondary N) is 2. The van der Waals surface area contributed by atoms with Crippen molar-refractivity contribution in [2.45, 2.75) is 102 Å². The Balaban J connectivity index is 1.92. The number of esters is 2. The highest BCUT2D eigenvalue weighted by molar-refractivity contribution is 7.09. The molecule has 2 N–H and O–H groups in total. The standard InChI is InChI=1S/C37H49F6N5O7S/c1-20(2)27(48(6)34(52)29(30(36(38,39)40)37(41,42)43)46-32(51)26-14-11-15-47(26)5)18-28(55-22(4)49)33-45-25(19-56-33)31(50)44-24(16-21(3)35(53)54-7)17-23-12-9-8-10-13-23/h8-10,12-13,19-21,24,26-30H,11,14-18H2,1-7H3,(H,44,50)(H,46,51)/t21-,24+,26+,27?,28+,29+/m0/s1. The van der Waals surface area contributed by atoms with Crippen LogP contribution in [0.15, 0.2) is 35.7 Å². The number of aromatic nitrogens is 1. The second-order valence-electron chi connectivity index (χ2n) is 14.4. The second-order valence-corrected chi connectivity index (χ2v) is 15.3. The van der Waals surface area contributed by atoms with Gasteiger partial charge in [-0.25, -0.2) is 4.98 Å². The predicted molar refractivity (Wildman–Crippen MR) is 193 cm³/mol. The van der Waals surface area contributed by atoms with Gasteiger partial charge >= 0.3 is 24.3 Å². The molecule has 1 fully saturated rings. The van der Waals surface area contributed by atoms with Gasteiger partial charge in [-0.05, 0) is 50.8 Å². The van der Waals surface area contributed by atoms with Gasteiger partial charge in [-0.3, -0.25) is 28.9 Å². The summed E-state index contributed by atoms with van der Waals surface area (Å²) in [6, 6.07) is 3.40. The molecule has 0 spiro atoms. The molecule has 1 aromatic heterocycles. The smallest absolute Gasteiger partial charge is 0.403 e. The minimum Gasteiger partial charge on any atom is -0.469 e. The SMILES string of the molecule is COC(=O)[C@@H](C)C[C@H](Cc1ccccc1)NC(=O)c1csc([C@@H](CC(C(C)C)N(C)C(=O)[C@H](NC(=O)[C@H]2CCCN2C)C(C(F)(F)F)C(F)(F)F)OC(C)=O)n1. The van der Waals surface area contributed by atoms with Crippen LogP contribution in [-0.2, 0) is 35.1 Å². The highest BCUT2D eigenvalue weighted by atomic mass is 32.1. The molecule has 1 unspecified atom stereocenters. The van der Waals surface area contributed by atoms with E-state index in [1.807, 2.05) is 30.3 Å². The first kappa shape index (κ1) is 46.1. The number of likely N-dealkylation sites (tertiary alicyclic amines) is 1. The number of ether oxygens (including phenoxy) is 2. The zero-order valence-electron chi connectivity index (χ0n) is 32.2. The molecule has 0 bridgehead atoms. The van der Waals surface area contributed by atoms with Gasteiger partial charge in [0.1, 0.15) is 16.7 Å². The zero-order chi connectivity index (χ0) is 42.1. The third kappa shape index (κ3) is 12.6. The highest BCUT2D eigenvalue weighted by Gasteiger charge is 2.63. The maximum absolute atomic E-state index is 14.1. The second kappa shape index (κ2) is 19.7. The highest BCUT2D eigenvalue weighted by Crippen LogP contribution is 2.42. The molecule has 0 radical (unpaired) electrons. The number of methoxy groups -OCH3 is 1. The number of amides is 3. The van der Waals surface area contributed by atoms with Gasteiger partial charge in [0.2, 0.25) is 11.8 Å². The lowest BCUT2D eigenvalue weighted by Gasteiger charge is -2.38. The van der Waals surface area contributed by atoms with Crippen molar-refractivity contribution < 1.29 is 59.8 Å². The summed E-state index contributed by atoms with van der Waals surface area (Å²) in [5.74, 6) is -10.1. The maximum atomic E-state index is 14.1. The number of thiazole rings is 1. The summed E-state index contributed by atoms with van der Waals surface area (Å²) in [5.41, 5.74) is 0.793. The topological polar surface area (TPSA) is 147 Å². The fourth-order valence-corrected chi connectivity index (χ4v) is 7.68. The van der Waals surface area contributed by atoms with Crippen LogP contribution in [0.1, 0.15) is 80.5 Å². The fourth-order valence-electron chi connectivity index (χ4n) is 6.84. The van der Waals surface area contributed by atoms with Crippen molar-refractivity contribution in [2.24, 2.45) is 17.8 Å². The molecule has 56 heavy (non-hydrogen) atoms. The molecular formula is C37H49F6N5O7S. The molecule has 12 nitrogen and oxygen atoms in total. The van der Waals surface area contributed by atoms with E-state index in [4.69, 9.17) is 9.47 Å². The van der Waals surface area contributed by atoms with E-state index in [-0.39, 0.29) is 30.0 Å². The van der Waals surface area contributed by atoms with E-state index in [0.717, 1.165) is 30.9 Å². The van der Waals surface area contributed by atoms with E-state index in [0.29, 0.717) is 24.3 Å². The quantitative estimate of drug-likeness (QED) is 0.157. The lowest BCUT2D eigenvalue weighted by Crippen LogP contribution is -2.62. The molecule has 2 aromatic rings. The van der Waals surface area contributed by atoms with Gasteiger partial charge in [-0.2, -0.15) is 26.3 Å². The monoisotopic (exact) mass is 821 g/mol. The predicted octanol–water partition coefficient (Wildman–Crippen LogP) is 5.48. The van der Waals surface area contributed by atoms with E-state index in [1.54, 1.807) is 26.1 Å². The number of rotatable bonds is 17. The van der Waals surface area contributed by atoms with Crippen LogP contribution in [0.3, 0.4) is 0 Å². The Kier molecular flexibility index (Phi) is 16.3. The van der Waals surface area contributed by atoms with Gasteiger partial charge in [0.05, 0.1) is 19.1 Å². The van der Waals surface area contributed by atoms with Crippen molar-refractivity contribution in [1.82, 2.24) is 25.4 Å². The first-order valence-corrected chi connectivity index (χ1v) is 18.9. The van der Waals surface area contributed by atoms with Crippen LogP contribution in [0.4, 0.5) is 26.3 Å². The number of carbonyl (C=O) groups excluding carboxylic acids is 5. The van der Waals surface area contributed by atoms with Gasteiger partial charge in [0.25, 0.3) is 5.91 Å². The van der Waals surface area contributed by atoms with Crippen molar-refractivity contribution in [2.75, 3.05) is 27.7 Å². The number of benzene rings is 1. The number of halogens is 6. The van der Waals surface area contributed by atoms with Crippen LogP contribution in [-0.4, -0.2) is 109 Å². The molecule has 1 aromatic carbocycles. The van der Waals surface area contributed by atoms with E-state index >= 15 is 0 Å². The van der Waals surface area contributed by atoms with Crippen LogP contribution in [0, 0.1) is 17.8 Å². The third-order valence-corrected chi connectivity index (χ3v) is 10.7. The number of likely N-dealkylation sites (N-methyl/N-ethyl adjacent to an activating group) is 2. The Morgan fingerprint density at radius 1 is 1.00 bits per heavy atom. The van der Waals surface area contributed by atoms with Gasteiger partial charge in [-0.1, -0.05) is 51.1 Å². The molecule has 3 amide bonds. The van der Waals surface area contributed by atoms with Crippen molar-refractivity contribution in [1.29, 1.82) is 0 Å². The minimum absolute atomic E-state index is 0.0666. The van der Waals surface area contributed by atoms with E-state index in [1.165, 1.54) is 24.4 Å². The lowest BCUT2D eigenvalue weighted by molar-refractivity contribution is -0.290. The molecule has 2 heterocycles. The van der Waals surface area contributed by atoms with Crippen molar-refractivity contribution in [3.8, 4) is 0 Å².